The predicted octanol–water partition coefficient (Wildman–Crippen LogP) is 2.42. The zero-order valence-corrected chi connectivity index (χ0v) is 10.9. The number of carbonyl (C=O) groups is 1. The van der Waals surface area contributed by atoms with Crippen molar-refractivity contribution in [3.63, 3.8) is 0 Å². The number of nitrogens with zero attached hydrogens (tertiary/aromatic N) is 3. The Morgan fingerprint density at radius 3 is 2.75 bits per heavy atom. The van der Waals surface area contributed by atoms with Crippen LogP contribution in [0.1, 0.15) is 24.2 Å². The summed E-state index contributed by atoms with van der Waals surface area (Å²) in [5, 5.41) is 14.3. The summed E-state index contributed by atoms with van der Waals surface area (Å²) in [6, 6.07) is 5.94. The van der Waals surface area contributed by atoms with E-state index in [-0.39, 0.29) is 22.9 Å². The van der Waals surface area contributed by atoms with Crippen LogP contribution in [0.2, 0.25) is 0 Å². The zero-order valence-electron chi connectivity index (χ0n) is 10.9. The van der Waals surface area contributed by atoms with Crippen molar-refractivity contribution in [3.05, 3.63) is 51.7 Å². The molecule has 2 rings (SSSR count). The molecule has 0 N–H and O–H groups in total. The minimum atomic E-state index is -0.498. The van der Waals surface area contributed by atoms with E-state index in [4.69, 9.17) is 4.52 Å². The van der Waals surface area contributed by atoms with Crippen molar-refractivity contribution in [3.8, 4) is 0 Å². The fourth-order valence-electron chi connectivity index (χ4n) is 1.62. The standard InChI is InChI=1S/C13H11N3O4/c1-8(17)12(13-14-9(2)15-20-13)7-10-4-3-5-11(6-10)16(18)19/h3-7H,1-2H3/b12-7-. The fraction of sp³-hybridized carbons (Fsp3) is 0.154. The minimum absolute atomic E-state index is 0.0524. The van der Waals surface area contributed by atoms with Gasteiger partial charge in [-0.3, -0.25) is 14.9 Å². The minimum Gasteiger partial charge on any atom is -0.334 e. The Balaban J connectivity index is 2.46. The molecule has 1 aromatic carbocycles. The molecule has 0 aliphatic heterocycles. The number of hydrogen-bond donors (Lipinski definition) is 0. The lowest BCUT2D eigenvalue weighted by molar-refractivity contribution is -0.384. The molecule has 0 aliphatic carbocycles. The largest absolute Gasteiger partial charge is 0.334 e. The Hall–Kier alpha value is -2.83. The van der Waals surface area contributed by atoms with Gasteiger partial charge in [0, 0.05) is 12.1 Å². The SMILES string of the molecule is CC(=O)/C(=C/c1cccc([N+](=O)[O-])c1)c1nc(C)no1. The topological polar surface area (TPSA) is 99.1 Å². The van der Waals surface area contributed by atoms with Gasteiger partial charge in [0.15, 0.2) is 11.6 Å². The van der Waals surface area contributed by atoms with Crippen molar-refractivity contribution in [2.24, 2.45) is 0 Å². The van der Waals surface area contributed by atoms with E-state index in [1.807, 2.05) is 0 Å². The van der Waals surface area contributed by atoms with Gasteiger partial charge in [-0.25, -0.2) is 0 Å². The number of allylic oxidation sites excluding steroid dienone is 1. The van der Waals surface area contributed by atoms with Gasteiger partial charge in [0.25, 0.3) is 11.6 Å². The van der Waals surface area contributed by atoms with Crippen molar-refractivity contribution in [2.75, 3.05) is 0 Å². The van der Waals surface area contributed by atoms with Gasteiger partial charge in [0.05, 0.1) is 10.5 Å². The van der Waals surface area contributed by atoms with Gasteiger partial charge >= 0.3 is 0 Å². The molecule has 0 saturated carbocycles. The number of benzene rings is 1. The molecule has 1 aromatic heterocycles. The Labute approximate surface area is 114 Å². The first-order chi connectivity index (χ1) is 9.47. The lowest BCUT2D eigenvalue weighted by atomic mass is 10.1. The summed E-state index contributed by atoms with van der Waals surface area (Å²) >= 11 is 0. The number of ketones is 1. The number of aryl methyl sites for hydroxylation is 1. The van der Waals surface area contributed by atoms with Crippen LogP contribution >= 0.6 is 0 Å². The quantitative estimate of drug-likeness (QED) is 0.482. The maximum absolute atomic E-state index is 11.6. The third-order valence-corrected chi connectivity index (χ3v) is 2.53. The number of nitro benzene ring substituents is 1. The van der Waals surface area contributed by atoms with Gasteiger partial charge in [-0.1, -0.05) is 17.3 Å². The van der Waals surface area contributed by atoms with Crippen LogP contribution in [0.15, 0.2) is 28.8 Å². The summed E-state index contributed by atoms with van der Waals surface area (Å²) in [5.74, 6) is 0.243. The van der Waals surface area contributed by atoms with Crippen molar-refractivity contribution in [1.82, 2.24) is 10.1 Å². The highest BCUT2D eigenvalue weighted by atomic mass is 16.6. The Bertz CT molecular complexity index is 703. The van der Waals surface area contributed by atoms with Crippen molar-refractivity contribution in [1.29, 1.82) is 0 Å². The molecule has 2 aromatic rings. The summed E-state index contributed by atoms with van der Waals surface area (Å²) in [5.41, 5.74) is 0.676. The number of carbonyl (C=O) groups excluding carboxylic acids is 1. The van der Waals surface area contributed by atoms with Crippen molar-refractivity contribution in [2.45, 2.75) is 13.8 Å². The van der Waals surface area contributed by atoms with Gasteiger partial charge in [0.1, 0.15) is 0 Å². The van der Waals surface area contributed by atoms with Gasteiger partial charge in [-0.2, -0.15) is 4.98 Å². The molecule has 102 valence electrons. The summed E-state index contributed by atoms with van der Waals surface area (Å²) in [4.78, 5) is 25.9. The molecule has 0 saturated heterocycles. The van der Waals surface area contributed by atoms with Crippen LogP contribution in [0.3, 0.4) is 0 Å². The highest BCUT2D eigenvalue weighted by molar-refractivity contribution is 6.22. The molecular weight excluding hydrogens is 262 g/mol. The summed E-state index contributed by atoms with van der Waals surface area (Å²) < 4.78 is 4.95. The number of rotatable bonds is 4. The third kappa shape index (κ3) is 2.94. The summed E-state index contributed by atoms with van der Waals surface area (Å²) in [6.07, 6.45) is 1.49. The zero-order chi connectivity index (χ0) is 14.7. The van der Waals surface area contributed by atoms with Crippen LogP contribution < -0.4 is 0 Å². The summed E-state index contributed by atoms with van der Waals surface area (Å²) in [6.45, 7) is 3.00. The van der Waals surface area contributed by atoms with E-state index in [0.717, 1.165) is 0 Å². The number of aromatic nitrogens is 2. The van der Waals surface area contributed by atoms with Crippen LogP contribution in [0, 0.1) is 17.0 Å². The van der Waals surface area contributed by atoms with Gasteiger partial charge in [-0.15, -0.1) is 0 Å². The van der Waals surface area contributed by atoms with Crippen LogP contribution in [0.25, 0.3) is 11.6 Å². The maximum Gasteiger partial charge on any atom is 0.270 e. The molecule has 20 heavy (non-hydrogen) atoms. The monoisotopic (exact) mass is 273 g/mol. The second-order valence-electron chi connectivity index (χ2n) is 4.11. The first kappa shape index (κ1) is 13.6. The van der Waals surface area contributed by atoms with Gasteiger partial charge in [0.2, 0.25) is 0 Å². The van der Waals surface area contributed by atoms with E-state index in [1.54, 1.807) is 19.1 Å². The van der Waals surface area contributed by atoms with E-state index in [9.17, 15) is 14.9 Å². The molecule has 0 atom stereocenters. The van der Waals surface area contributed by atoms with Gasteiger partial charge in [-0.05, 0) is 25.5 Å². The number of Topliss-reactive ketones (excluding diaryl/α,β-unsaturated/α-hetero) is 1. The van der Waals surface area contributed by atoms with Crippen LogP contribution in [0.4, 0.5) is 5.69 Å². The smallest absolute Gasteiger partial charge is 0.270 e. The van der Waals surface area contributed by atoms with Gasteiger partial charge < -0.3 is 4.52 Å². The Kier molecular flexibility index (Phi) is 3.69. The van der Waals surface area contributed by atoms with Crippen LogP contribution in [-0.2, 0) is 4.79 Å². The molecule has 7 nitrogen and oxygen atoms in total. The molecule has 0 unspecified atom stereocenters. The lowest BCUT2D eigenvalue weighted by Crippen LogP contribution is -1.97. The average molecular weight is 273 g/mol. The molecule has 1 heterocycles. The highest BCUT2D eigenvalue weighted by Gasteiger charge is 2.15. The number of non-ortho nitro benzene ring substituents is 1. The van der Waals surface area contributed by atoms with E-state index >= 15 is 0 Å². The normalized spacial score (nSPS) is 11.4. The average Bonchev–Trinajstić information content (AvgIpc) is 2.82. The first-order valence-electron chi connectivity index (χ1n) is 5.75. The summed E-state index contributed by atoms with van der Waals surface area (Å²) in [7, 11) is 0. The van der Waals surface area contributed by atoms with E-state index in [1.165, 1.54) is 25.1 Å². The molecule has 0 fully saturated rings. The molecule has 7 heteroatoms. The van der Waals surface area contributed by atoms with Crippen LogP contribution in [0.5, 0.6) is 0 Å². The second kappa shape index (κ2) is 5.43. The van der Waals surface area contributed by atoms with Crippen molar-refractivity contribution < 1.29 is 14.2 Å². The molecule has 0 spiro atoms. The maximum atomic E-state index is 11.6. The fourth-order valence-corrected chi connectivity index (χ4v) is 1.62. The van der Waals surface area contributed by atoms with E-state index in [0.29, 0.717) is 11.4 Å². The van der Waals surface area contributed by atoms with Crippen molar-refractivity contribution >= 4 is 23.1 Å². The predicted molar refractivity (Wildman–Crippen MR) is 70.7 cm³/mol. The second-order valence-corrected chi connectivity index (χ2v) is 4.11. The Morgan fingerprint density at radius 2 is 2.20 bits per heavy atom. The first-order valence-corrected chi connectivity index (χ1v) is 5.75. The van der Waals surface area contributed by atoms with E-state index in [2.05, 4.69) is 10.1 Å². The molecular formula is C13H11N3O4. The van der Waals surface area contributed by atoms with Crippen LogP contribution in [-0.4, -0.2) is 20.8 Å². The third-order valence-electron chi connectivity index (χ3n) is 2.53. The molecule has 0 aliphatic rings. The van der Waals surface area contributed by atoms with E-state index < -0.39 is 4.92 Å². The Morgan fingerprint density at radius 1 is 1.45 bits per heavy atom. The highest BCUT2D eigenvalue weighted by Crippen LogP contribution is 2.20. The molecule has 0 radical (unpaired) electrons. The number of hydrogen-bond acceptors (Lipinski definition) is 6. The molecule has 0 amide bonds. The number of nitro groups is 1. The molecule has 0 bridgehead atoms. The lowest BCUT2D eigenvalue weighted by Gasteiger charge is -1.98.